The topological polar surface area (TPSA) is 61.2 Å². The van der Waals surface area contributed by atoms with Crippen LogP contribution in [0.2, 0.25) is 0 Å². The molecule has 92 valence electrons. The Labute approximate surface area is 101 Å². The Bertz CT molecular complexity index is 376. The SMILES string of the molecule is CCS(=O)(=O)C1CSCCN1C(=N)C1CC1. The number of amidine groups is 1. The lowest BCUT2D eigenvalue weighted by atomic mass is 10.3. The molecule has 16 heavy (non-hydrogen) atoms. The van der Waals surface area contributed by atoms with Crippen LogP contribution in [-0.2, 0) is 9.84 Å². The minimum Gasteiger partial charge on any atom is -0.342 e. The van der Waals surface area contributed by atoms with Crippen molar-refractivity contribution in [1.82, 2.24) is 4.90 Å². The first-order valence-corrected chi connectivity index (χ1v) is 8.57. The number of thioether (sulfide) groups is 1. The van der Waals surface area contributed by atoms with Crippen molar-refractivity contribution in [2.45, 2.75) is 25.1 Å². The maximum absolute atomic E-state index is 12.0. The van der Waals surface area contributed by atoms with Crippen LogP contribution in [0, 0.1) is 11.3 Å². The predicted octanol–water partition coefficient (Wildman–Crippen LogP) is 1.18. The van der Waals surface area contributed by atoms with Gasteiger partial charge in [-0.1, -0.05) is 6.92 Å². The summed E-state index contributed by atoms with van der Waals surface area (Å²) in [4.78, 5) is 1.83. The molecule has 4 nitrogen and oxygen atoms in total. The second-order valence-electron chi connectivity index (χ2n) is 4.33. The molecule has 0 amide bonds. The zero-order valence-electron chi connectivity index (χ0n) is 9.48. The number of hydrogen-bond donors (Lipinski definition) is 1. The largest absolute Gasteiger partial charge is 0.342 e. The van der Waals surface area contributed by atoms with Crippen molar-refractivity contribution in [3.05, 3.63) is 0 Å². The van der Waals surface area contributed by atoms with Crippen LogP contribution in [0.25, 0.3) is 0 Å². The molecule has 1 saturated carbocycles. The maximum Gasteiger partial charge on any atom is 0.171 e. The second kappa shape index (κ2) is 4.56. The Morgan fingerprint density at radius 1 is 1.50 bits per heavy atom. The normalized spacial score (nSPS) is 26.8. The number of sulfone groups is 1. The lowest BCUT2D eigenvalue weighted by Gasteiger charge is -2.36. The fourth-order valence-electron chi connectivity index (χ4n) is 1.94. The van der Waals surface area contributed by atoms with Crippen LogP contribution in [0.1, 0.15) is 19.8 Å². The third kappa shape index (κ3) is 2.37. The summed E-state index contributed by atoms with van der Waals surface area (Å²) in [5, 5.41) is 7.58. The van der Waals surface area contributed by atoms with Crippen LogP contribution in [0.4, 0.5) is 0 Å². The number of rotatable bonds is 3. The van der Waals surface area contributed by atoms with Crippen LogP contribution >= 0.6 is 11.8 Å². The van der Waals surface area contributed by atoms with E-state index >= 15 is 0 Å². The molecule has 1 atom stereocenters. The minimum absolute atomic E-state index is 0.173. The van der Waals surface area contributed by atoms with Gasteiger partial charge in [0.1, 0.15) is 11.2 Å². The first kappa shape index (κ1) is 12.2. The molecule has 2 fully saturated rings. The number of nitrogens with zero attached hydrogens (tertiary/aromatic N) is 1. The molecule has 1 heterocycles. The number of hydrogen-bond acceptors (Lipinski definition) is 4. The van der Waals surface area contributed by atoms with Crippen molar-refractivity contribution in [3.8, 4) is 0 Å². The van der Waals surface area contributed by atoms with E-state index in [4.69, 9.17) is 5.41 Å². The predicted molar refractivity (Wildman–Crippen MR) is 67.7 cm³/mol. The highest BCUT2D eigenvalue weighted by Crippen LogP contribution is 2.34. The zero-order chi connectivity index (χ0) is 11.8. The summed E-state index contributed by atoms with van der Waals surface area (Å²) in [5.41, 5.74) is 0. The molecule has 1 aliphatic heterocycles. The summed E-state index contributed by atoms with van der Waals surface area (Å²) >= 11 is 1.68. The average Bonchev–Trinajstić information content (AvgIpc) is 3.12. The Kier molecular flexibility index (Phi) is 3.49. The smallest absolute Gasteiger partial charge is 0.171 e. The summed E-state index contributed by atoms with van der Waals surface area (Å²) in [7, 11) is -3.06. The summed E-state index contributed by atoms with van der Waals surface area (Å²) in [6.45, 7) is 2.40. The highest BCUT2D eigenvalue weighted by atomic mass is 32.2. The molecule has 1 aliphatic carbocycles. The fraction of sp³-hybridized carbons (Fsp3) is 0.900. The van der Waals surface area contributed by atoms with E-state index < -0.39 is 15.2 Å². The van der Waals surface area contributed by atoms with E-state index in [0.29, 0.717) is 24.1 Å². The molecule has 0 bridgehead atoms. The Balaban J connectivity index is 2.16. The lowest BCUT2D eigenvalue weighted by Crippen LogP contribution is -2.51. The van der Waals surface area contributed by atoms with E-state index in [1.807, 2.05) is 4.90 Å². The lowest BCUT2D eigenvalue weighted by molar-refractivity contribution is 0.396. The van der Waals surface area contributed by atoms with Gasteiger partial charge in [0.2, 0.25) is 0 Å². The van der Waals surface area contributed by atoms with Gasteiger partial charge in [0, 0.05) is 29.7 Å². The molecule has 2 rings (SSSR count). The van der Waals surface area contributed by atoms with Gasteiger partial charge in [-0.3, -0.25) is 5.41 Å². The summed E-state index contributed by atoms with van der Waals surface area (Å²) in [6.07, 6.45) is 2.11. The standard InChI is InChI=1S/C10H18N2O2S2/c1-2-16(13,14)9-7-15-6-5-12(9)10(11)8-3-4-8/h8-9,11H,2-7H2,1H3. The van der Waals surface area contributed by atoms with Gasteiger partial charge in [-0.15, -0.1) is 0 Å². The van der Waals surface area contributed by atoms with E-state index in [9.17, 15) is 8.42 Å². The molecule has 2 aliphatic rings. The van der Waals surface area contributed by atoms with Crippen molar-refractivity contribution in [2.24, 2.45) is 5.92 Å². The first-order valence-electron chi connectivity index (χ1n) is 5.70. The van der Waals surface area contributed by atoms with E-state index in [2.05, 4.69) is 0 Å². The van der Waals surface area contributed by atoms with E-state index in [1.54, 1.807) is 18.7 Å². The van der Waals surface area contributed by atoms with Crippen molar-refractivity contribution in [1.29, 1.82) is 5.41 Å². The summed E-state index contributed by atoms with van der Waals surface area (Å²) in [5.74, 6) is 2.61. The van der Waals surface area contributed by atoms with E-state index in [1.165, 1.54) is 0 Å². The molecule has 0 aromatic carbocycles. The van der Waals surface area contributed by atoms with Gasteiger partial charge in [0.05, 0.1) is 0 Å². The van der Waals surface area contributed by atoms with Gasteiger partial charge >= 0.3 is 0 Å². The third-order valence-corrected chi connectivity index (χ3v) is 6.46. The Hall–Kier alpha value is -0.230. The minimum atomic E-state index is -3.06. The molecule has 0 aromatic heterocycles. The molecule has 6 heteroatoms. The summed E-state index contributed by atoms with van der Waals surface area (Å²) < 4.78 is 23.9. The van der Waals surface area contributed by atoms with Gasteiger partial charge in [-0.2, -0.15) is 11.8 Å². The molecule has 1 N–H and O–H groups in total. The monoisotopic (exact) mass is 262 g/mol. The highest BCUT2D eigenvalue weighted by molar-refractivity contribution is 8.01. The van der Waals surface area contributed by atoms with Crippen molar-refractivity contribution in [3.63, 3.8) is 0 Å². The average molecular weight is 262 g/mol. The molecule has 0 radical (unpaired) electrons. The third-order valence-electron chi connectivity index (χ3n) is 3.17. The van der Waals surface area contributed by atoms with Gasteiger partial charge < -0.3 is 4.90 Å². The van der Waals surface area contributed by atoms with Crippen LogP contribution in [0.5, 0.6) is 0 Å². The maximum atomic E-state index is 12.0. The second-order valence-corrected chi connectivity index (χ2v) is 7.93. The van der Waals surface area contributed by atoms with Gasteiger partial charge in [0.25, 0.3) is 0 Å². The fourth-order valence-corrected chi connectivity index (χ4v) is 4.92. The molecule has 0 aromatic rings. The van der Waals surface area contributed by atoms with Crippen LogP contribution < -0.4 is 0 Å². The van der Waals surface area contributed by atoms with E-state index in [0.717, 1.165) is 18.6 Å². The van der Waals surface area contributed by atoms with Crippen molar-refractivity contribution in [2.75, 3.05) is 23.8 Å². The Morgan fingerprint density at radius 3 is 2.75 bits per heavy atom. The number of nitrogens with one attached hydrogen (secondary N) is 1. The quantitative estimate of drug-likeness (QED) is 0.613. The van der Waals surface area contributed by atoms with Gasteiger partial charge in [0.15, 0.2) is 9.84 Å². The zero-order valence-corrected chi connectivity index (χ0v) is 11.1. The van der Waals surface area contributed by atoms with E-state index in [-0.39, 0.29) is 5.75 Å². The van der Waals surface area contributed by atoms with Crippen LogP contribution in [0.3, 0.4) is 0 Å². The van der Waals surface area contributed by atoms with Crippen molar-refractivity contribution >= 4 is 27.4 Å². The first-order chi connectivity index (χ1) is 7.56. The van der Waals surface area contributed by atoms with Gasteiger partial charge in [-0.05, 0) is 12.8 Å². The summed E-state index contributed by atoms with van der Waals surface area (Å²) in [6, 6.07) is 0. The van der Waals surface area contributed by atoms with Crippen LogP contribution in [0.15, 0.2) is 0 Å². The van der Waals surface area contributed by atoms with Crippen molar-refractivity contribution < 1.29 is 8.42 Å². The highest BCUT2D eigenvalue weighted by Gasteiger charge is 2.39. The Morgan fingerprint density at radius 2 is 2.19 bits per heavy atom. The van der Waals surface area contributed by atoms with Crippen LogP contribution in [-0.4, -0.2) is 48.3 Å². The molecule has 1 unspecified atom stereocenters. The molecular weight excluding hydrogens is 244 g/mol. The molecular formula is C10H18N2O2S2. The molecule has 0 spiro atoms. The van der Waals surface area contributed by atoms with Gasteiger partial charge in [-0.25, -0.2) is 8.42 Å². The molecule has 1 saturated heterocycles.